The zero-order chi connectivity index (χ0) is 13.1. The number of nitrogens with zero attached hydrogens (tertiary/aromatic N) is 1. The van der Waals surface area contributed by atoms with Crippen LogP contribution in [-0.2, 0) is 10.0 Å². The lowest BCUT2D eigenvalue weighted by Gasteiger charge is -2.08. The van der Waals surface area contributed by atoms with Crippen molar-refractivity contribution in [3.05, 3.63) is 17.8 Å². The van der Waals surface area contributed by atoms with Gasteiger partial charge in [0.25, 0.3) is 0 Å². The Labute approximate surface area is 97.7 Å². The highest BCUT2D eigenvalue weighted by atomic mass is 32.2. The molecular weight excluding hydrogens is 248 g/mol. The van der Waals surface area contributed by atoms with Gasteiger partial charge in [-0.15, -0.1) is 0 Å². The highest BCUT2D eigenvalue weighted by Gasteiger charge is 2.12. The second kappa shape index (κ2) is 4.97. The molecule has 1 aromatic heterocycles. The zero-order valence-electron chi connectivity index (χ0n) is 8.75. The van der Waals surface area contributed by atoms with E-state index in [1.165, 1.54) is 12.3 Å². The standard InChI is InChI=1S/C8H12N4O4S/c9-5-3-6(8(13)14)7(12-4-5)11-1-2-17(10,15)16/h3-4H,1-2,9H2,(H,11,12)(H,13,14)(H2,10,15,16). The van der Waals surface area contributed by atoms with Crippen LogP contribution in [0, 0.1) is 0 Å². The van der Waals surface area contributed by atoms with Crippen molar-refractivity contribution in [2.45, 2.75) is 0 Å². The first-order valence-electron chi connectivity index (χ1n) is 4.53. The zero-order valence-corrected chi connectivity index (χ0v) is 9.57. The van der Waals surface area contributed by atoms with Gasteiger partial charge in [0.05, 0.1) is 17.6 Å². The molecular formula is C8H12N4O4S. The highest BCUT2D eigenvalue weighted by molar-refractivity contribution is 7.89. The molecule has 0 amide bonds. The first-order valence-corrected chi connectivity index (χ1v) is 6.24. The molecule has 0 spiro atoms. The first-order chi connectivity index (χ1) is 7.79. The fourth-order valence-corrected chi connectivity index (χ4v) is 1.48. The fourth-order valence-electron chi connectivity index (χ4n) is 1.10. The molecule has 1 aromatic rings. The van der Waals surface area contributed by atoms with Crippen LogP contribution in [0.25, 0.3) is 0 Å². The van der Waals surface area contributed by atoms with E-state index in [1.54, 1.807) is 0 Å². The Morgan fingerprint density at radius 1 is 1.53 bits per heavy atom. The van der Waals surface area contributed by atoms with Crippen LogP contribution < -0.4 is 16.2 Å². The molecule has 0 unspecified atom stereocenters. The van der Waals surface area contributed by atoms with Crippen LogP contribution in [0.1, 0.15) is 10.4 Å². The average Bonchev–Trinajstić information content (AvgIpc) is 2.18. The third-order valence-electron chi connectivity index (χ3n) is 1.82. The predicted octanol–water partition coefficient (Wildman–Crippen LogP) is -0.938. The first kappa shape index (κ1) is 13.2. The number of carboxylic acid groups (broad SMARTS) is 1. The topological polar surface area (TPSA) is 148 Å². The number of hydrogen-bond acceptors (Lipinski definition) is 6. The van der Waals surface area contributed by atoms with Crippen molar-refractivity contribution in [3.8, 4) is 0 Å². The number of sulfonamides is 1. The Bertz CT molecular complexity index is 528. The quantitative estimate of drug-likeness (QED) is 0.534. The Morgan fingerprint density at radius 2 is 2.18 bits per heavy atom. The summed E-state index contributed by atoms with van der Waals surface area (Å²) in [6, 6.07) is 1.23. The molecule has 94 valence electrons. The minimum atomic E-state index is -3.60. The molecule has 1 heterocycles. The van der Waals surface area contributed by atoms with Gasteiger partial charge in [-0.05, 0) is 6.07 Å². The summed E-state index contributed by atoms with van der Waals surface area (Å²) in [7, 11) is -3.60. The van der Waals surface area contributed by atoms with Gasteiger partial charge in [-0.3, -0.25) is 0 Å². The molecule has 0 aliphatic rings. The summed E-state index contributed by atoms with van der Waals surface area (Å²) >= 11 is 0. The lowest BCUT2D eigenvalue weighted by Crippen LogP contribution is -2.23. The van der Waals surface area contributed by atoms with Crippen molar-refractivity contribution in [3.63, 3.8) is 0 Å². The molecule has 8 nitrogen and oxygen atoms in total. The number of anilines is 2. The molecule has 0 saturated carbocycles. The molecule has 0 fully saturated rings. The Kier molecular flexibility index (Phi) is 3.86. The van der Waals surface area contributed by atoms with E-state index in [4.69, 9.17) is 16.0 Å². The minimum absolute atomic E-state index is 0.0317. The maximum atomic E-state index is 10.9. The van der Waals surface area contributed by atoms with E-state index in [0.717, 1.165) is 0 Å². The van der Waals surface area contributed by atoms with E-state index in [2.05, 4.69) is 10.3 Å². The van der Waals surface area contributed by atoms with Crippen molar-refractivity contribution in [1.82, 2.24) is 4.98 Å². The number of nitrogen functional groups attached to an aromatic ring is 1. The van der Waals surface area contributed by atoms with Gasteiger partial charge in [0.2, 0.25) is 10.0 Å². The van der Waals surface area contributed by atoms with Crippen LogP contribution in [0.15, 0.2) is 12.3 Å². The van der Waals surface area contributed by atoms with Crippen LogP contribution in [0.3, 0.4) is 0 Å². The summed E-state index contributed by atoms with van der Waals surface area (Å²) in [6.07, 6.45) is 1.27. The molecule has 0 aromatic carbocycles. The predicted molar refractivity (Wildman–Crippen MR) is 62.1 cm³/mol. The average molecular weight is 260 g/mol. The van der Waals surface area contributed by atoms with Gasteiger partial charge in [-0.25, -0.2) is 23.3 Å². The van der Waals surface area contributed by atoms with Crippen molar-refractivity contribution in [1.29, 1.82) is 0 Å². The molecule has 0 saturated heterocycles. The van der Waals surface area contributed by atoms with Crippen molar-refractivity contribution >= 4 is 27.5 Å². The second-order valence-corrected chi connectivity index (χ2v) is 5.00. The van der Waals surface area contributed by atoms with E-state index in [9.17, 15) is 13.2 Å². The Balaban J connectivity index is 2.81. The van der Waals surface area contributed by atoms with E-state index in [-0.39, 0.29) is 29.4 Å². The van der Waals surface area contributed by atoms with Gasteiger partial charge in [0.15, 0.2) is 0 Å². The smallest absolute Gasteiger partial charge is 0.339 e. The number of aromatic nitrogens is 1. The third kappa shape index (κ3) is 4.25. The summed E-state index contributed by atoms with van der Waals surface area (Å²) in [4.78, 5) is 14.6. The van der Waals surface area contributed by atoms with E-state index in [1.807, 2.05) is 0 Å². The van der Waals surface area contributed by atoms with Gasteiger partial charge in [-0.2, -0.15) is 0 Å². The monoisotopic (exact) mass is 260 g/mol. The largest absolute Gasteiger partial charge is 0.478 e. The molecule has 1 rings (SSSR count). The maximum absolute atomic E-state index is 10.9. The summed E-state index contributed by atoms with van der Waals surface area (Å²) in [5.41, 5.74) is 5.48. The van der Waals surface area contributed by atoms with E-state index in [0.29, 0.717) is 0 Å². The number of carboxylic acids is 1. The maximum Gasteiger partial charge on any atom is 0.339 e. The number of rotatable bonds is 5. The number of pyridine rings is 1. The Hall–Kier alpha value is -1.87. The number of nitrogens with two attached hydrogens (primary N) is 2. The van der Waals surface area contributed by atoms with Crippen LogP contribution in [0.5, 0.6) is 0 Å². The number of aromatic carboxylic acids is 1. The number of primary sulfonamides is 1. The van der Waals surface area contributed by atoms with Gasteiger partial charge in [0, 0.05) is 6.54 Å². The van der Waals surface area contributed by atoms with Crippen LogP contribution in [0.2, 0.25) is 0 Å². The molecule has 6 N–H and O–H groups in total. The lowest BCUT2D eigenvalue weighted by atomic mass is 10.2. The Morgan fingerprint density at radius 3 is 2.71 bits per heavy atom. The van der Waals surface area contributed by atoms with Gasteiger partial charge in [-0.1, -0.05) is 0 Å². The van der Waals surface area contributed by atoms with E-state index >= 15 is 0 Å². The highest BCUT2D eigenvalue weighted by Crippen LogP contribution is 2.15. The van der Waals surface area contributed by atoms with Crippen molar-refractivity contribution in [2.24, 2.45) is 5.14 Å². The van der Waals surface area contributed by atoms with Gasteiger partial charge >= 0.3 is 5.97 Å². The van der Waals surface area contributed by atoms with E-state index < -0.39 is 16.0 Å². The molecule has 0 radical (unpaired) electrons. The van der Waals surface area contributed by atoms with Crippen LogP contribution >= 0.6 is 0 Å². The fraction of sp³-hybridized carbons (Fsp3) is 0.250. The summed E-state index contributed by atoms with van der Waals surface area (Å²) in [6.45, 7) is -0.0317. The van der Waals surface area contributed by atoms with Gasteiger partial charge in [0.1, 0.15) is 11.4 Å². The van der Waals surface area contributed by atoms with Crippen molar-refractivity contribution < 1.29 is 18.3 Å². The van der Waals surface area contributed by atoms with Crippen LogP contribution in [-0.4, -0.2) is 36.8 Å². The van der Waals surface area contributed by atoms with Crippen LogP contribution in [0.4, 0.5) is 11.5 Å². The third-order valence-corrected chi connectivity index (χ3v) is 2.59. The number of nitrogens with one attached hydrogen (secondary N) is 1. The molecule has 0 aliphatic carbocycles. The summed E-state index contributed by atoms with van der Waals surface area (Å²) < 4.78 is 21.4. The number of carbonyl (C=O) groups is 1. The lowest BCUT2D eigenvalue weighted by molar-refractivity contribution is 0.0697. The molecule has 0 aliphatic heterocycles. The second-order valence-electron chi connectivity index (χ2n) is 3.26. The molecule has 0 atom stereocenters. The summed E-state index contributed by atoms with van der Waals surface area (Å²) in [5, 5.41) is 16.2. The normalized spacial score (nSPS) is 11.1. The molecule has 9 heteroatoms. The summed E-state index contributed by atoms with van der Waals surface area (Å²) in [5.74, 6) is -1.48. The molecule has 17 heavy (non-hydrogen) atoms. The SMILES string of the molecule is Nc1cnc(NCCS(N)(=O)=O)c(C(=O)O)c1. The minimum Gasteiger partial charge on any atom is -0.478 e. The number of hydrogen-bond donors (Lipinski definition) is 4. The van der Waals surface area contributed by atoms with Gasteiger partial charge < -0.3 is 16.2 Å². The van der Waals surface area contributed by atoms with Crippen molar-refractivity contribution in [2.75, 3.05) is 23.3 Å². The molecule has 0 bridgehead atoms.